The number of carbonyl (C=O) groups excluding carboxylic acids is 3. The maximum absolute atomic E-state index is 12.9. The van der Waals surface area contributed by atoms with E-state index < -0.39 is 87.7 Å². The first-order valence-electron chi connectivity index (χ1n) is 33.3. The summed E-state index contributed by atoms with van der Waals surface area (Å²) in [6.45, 7) is 10.2. The Hall–Kier alpha value is -8.32. The zero-order valence-electron chi connectivity index (χ0n) is 58.0. The van der Waals surface area contributed by atoms with Crippen LogP contribution in [0.25, 0.3) is 30.6 Å². The van der Waals surface area contributed by atoms with E-state index in [9.17, 15) is 84.2 Å². The van der Waals surface area contributed by atoms with Crippen molar-refractivity contribution >= 4 is 114 Å². The van der Waals surface area contributed by atoms with E-state index in [0.29, 0.717) is 52.2 Å². The van der Waals surface area contributed by atoms with Gasteiger partial charge in [-0.05, 0) is 186 Å². The second kappa shape index (κ2) is 33.0. The number of nitrogen functional groups attached to an aromatic ring is 1. The van der Waals surface area contributed by atoms with Gasteiger partial charge in [-0.15, -0.1) is 34.0 Å². The van der Waals surface area contributed by atoms with E-state index in [1.54, 1.807) is 77.1 Å². The minimum atomic E-state index is -4.78. The van der Waals surface area contributed by atoms with E-state index in [-0.39, 0.29) is 35.7 Å². The summed E-state index contributed by atoms with van der Waals surface area (Å²) in [5.74, 6) is -5.58. The summed E-state index contributed by atoms with van der Waals surface area (Å²) in [6, 6.07) is 13.7. The van der Waals surface area contributed by atoms with E-state index in [1.165, 1.54) is 27.7 Å². The Balaban J connectivity index is 0.000000184. The van der Waals surface area contributed by atoms with Gasteiger partial charge in [-0.3, -0.25) is 9.59 Å². The van der Waals surface area contributed by atoms with Crippen LogP contribution in [0.4, 0.5) is 56.6 Å². The van der Waals surface area contributed by atoms with Gasteiger partial charge >= 0.3 is 24.5 Å². The van der Waals surface area contributed by atoms with E-state index in [0.717, 1.165) is 155 Å². The number of aromatic carboxylic acids is 1. The van der Waals surface area contributed by atoms with Gasteiger partial charge in [0.25, 0.3) is 11.8 Å². The lowest BCUT2D eigenvalue weighted by Crippen LogP contribution is -2.22. The van der Waals surface area contributed by atoms with Crippen LogP contribution >= 0.6 is 34.0 Å². The number of nitrogens with one attached hydrogen (secondary N) is 2. The molecule has 9 aromatic rings. The van der Waals surface area contributed by atoms with Gasteiger partial charge in [-0.2, -0.15) is 39.5 Å². The molecule has 3 saturated carbocycles. The van der Waals surface area contributed by atoms with Crippen LogP contribution in [-0.4, -0.2) is 122 Å². The van der Waals surface area contributed by atoms with Gasteiger partial charge in [0.15, 0.2) is 5.69 Å². The molecule has 0 aliphatic heterocycles. The topological polar surface area (TPSA) is 356 Å². The Morgan fingerprint density at radius 2 is 0.808 bits per heavy atom. The molecule has 0 bridgehead atoms. The highest BCUT2D eigenvalue weighted by Gasteiger charge is 2.39. The molecule has 2 radical (unpaired) electrons. The van der Waals surface area contributed by atoms with Crippen molar-refractivity contribution in [3.63, 3.8) is 0 Å². The third-order valence-corrected chi connectivity index (χ3v) is 21.3. The van der Waals surface area contributed by atoms with Crippen LogP contribution in [0.5, 0.6) is 0 Å². The normalized spacial score (nSPS) is 19.0. The van der Waals surface area contributed by atoms with E-state index >= 15 is 0 Å². The second-order valence-corrected chi connectivity index (χ2v) is 30.2. The number of thiazole rings is 3. The predicted molar refractivity (Wildman–Crippen MR) is 374 cm³/mol. The number of aromatic nitrogens is 9. The number of aliphatic hydroxyl groups is 5. The summed E-state index contributed by atoms with van der Waals surface area (Å²) in [5.41, 5.74) is 5.80. The average Bonchev–Trinajstić information content (AvgIpc) is 1.76. The molecular formula is C69H76BF9N12O10S3. The Morgan fingerprint density at radius 3 is 1.12 bits per heavy atom. The van der Waals surface area contributed by atoms with Crippen LogP contribution in [-0.2, 0) is 40.1 Å². The fraction of sp³-hybridized carbons (Fsp3) is 0.464. The minimum absolute atomic E-state index is 0.0916. The first-order valence-corrected chi connectivity index (χ1v) is 35.2. The van der Waals surface area contributed by atoms with Crippen molar-refractivity contribution in [2.45, 2.75) is 172 Å². The number of alkyl halides is 9. The van der Waals surface area contributed by atoms with Gasteiger partial charge in [0.05, 0.1) is 62.5 Å². The summed E-state index contributed by atoms with van der Waals surface area (Å²) in [6.07, 6.45) is 0.687. The van der Waals surface area contributed by atoms with Crippen molar-refractivity contribution in [3.8, 4) is 0 Å². The van der Waals surface area contributed by atoms with E-state index in [4.69, 9.17) is 27.1 Å². The van der Waals surface area contributed by atoms with Crippen molar-refractivity contribution in [1.29, 1.82) is 1.34 Å². The summed E-state index contributed by atoms with van der Waals surface area (Å²) in [4.78, 5) is 79.7. The number of carbonyl (C=O) groups is 4. The lowest BCUT2D eigenvalue weighted by molar-refractivity contribution is -0.145. The largest absolute Gasteiger partial charge is 0.477 e. The molecule has 104 heavy (non-hydrogen) atoms. The molecule has 3 fully saturated rings. The monoisotopic (exact) mass is 1510 g/mol. The number of aliphatic hydroxyl groups excluding tert-OH is 2. The molecule has 6 aromatic heterocycles. The number of nitrogens with zero attached hydrogens (tertiary/aromatic N) is 9. The van der Waals surface area contributed by atoms with Crippen molar-refractivity contribution in [2.24, 2.45) is 17.8 Å². The lowest BCUT2D eigenvalue weighted by atomic mass is 9.83. The quantitative estimate of drug-likeness (QED) is 0.0211. The number of aldehydes is 1. The van der Waals surface area contributed by atoms with Gasteiger partial charge in [-0.1, -0.05) is 0 Å². The molecular weight excluding hydrogens is 1430 g/mol. The molecule has 0 saturated heterocycles. The zero-order chi connectivity index (χ0) is 77.3. The molecule has 3 aromatic carbocycles. The molecule has 35 heteroatoms. The first kappa shape index (κ1) is 79.8. The fourth-order valence-electron chi connectivity index (χ4n) is 12.2. The Morgan fingerprint density at radius 1 is 0.500 bits per heavy atom. The summed E-state index contributed by atoms with van der Waals surface area (Å²) in [5, 5.41) is 66.8. The second-order valence-electron chi connectivity index (χ2n) is 27.0. The molecule has 12 rings (SSSR count). The number of carboxylic acid groups (broad SMARTS) is 1. The zero-order valence-corrected chi connectivity index (χ0v) is 59.4. The van der Waals surface area contributed by atoms with Crippen LogP contribution in [0.2, 0.25) is 0 Å². The molecule has 3 aliphatic carbocycles. The third-order valence-electron chi connectivity index (χ3n) is 17.8. The number of nitrogens with two attached hydrogens (primary N) is 1. The number of carboxylic acids is 1. The molecule has 0 spiro atoms. The van der Waals surface area contributed by atoms with Gasteiger partial charge in [-0.25, -0.2) is 49.7 Å². The molecule has 2 amide bonds. The Labute approximate surface area is 605 Å². The molecule has 556 valence electrons. The van der Waals surface area contributed by atoms with Crippen LogP contribution in [0.3, 0.4) is 0 Å². The highest BCUT2D eigenvalue weighted by molar-refractivity contribution is 7.19. The Bertz CT molecular complexity index is 4520. The van der Waals surface area contributed by atoms with Gasteiger partial charge < -0.3 is 51.8 Å². The summed E-state index contributed by atoms with van der Waals surface area (Å²) < 4.78 is 121. The molecule has 0 atom stereocenters. The molecule has 3 aliphatic rings. The van der Waals surface area contributed by atoms with Gasteiger partial charge in [0.1, 0.15) is 17.7 Å². The lowest BCUT2D eigenvalue weighted by Gasteiger charge is -2.25. The Kier molecular flexibility index (Phi) is 25.3. The maximum atomic E-state index is 12.9. The van der Waals surface area contributed by atoms with Crippen molar-refractivity contribution in [1.82, 2.24) is 44.9 Å². The standard InChI is InChI=1S/C23H25F3N4O3S.C23H23F3N4O3S.C17H24N2O2S.C6H3F3N2O2.BH/c2*1-22(2,33)14-9-17-18(34-20(29-17)13-5-3-12(11-31)4-6-13)10-16(14)28-19(32)15-7-8-27-21(30-15)23(24,25)26;1-17(2,21)12-7-14-15(8-13(12)18)22-16(19-14)11-5-3-10(9-20)4-6-11;7-6(8,9)5-10-2-1-3(11-5)4(12)13;/h7-10,12-13,31,33H,3-6,11H2,1-2H3,(H,28,32);7-13,33H,3-6H2,1-2H3,(H,28,32);7-8,10-11,20-21H,3-6,9,18H2,1-2H3;1-2H,(H,12,13);1H/i;;;;1D. The number of anilines is 3. The molecule has 22 nitrogen and oxygen atoms in total. The number of hydrogen-bond acceptors (Lipinski definition) is 22. The van der Waals surface area contributed by atoms with Crippen molar-refractivity contribution in [2.75, 3.05) is 29.6 Å². The van der Waals surface area contributed by atoms with E-state index in [1.807, 2.05) is 12.1 Å². The SMILES string of the molecule is CC(C)(O)c1cc2nc(C3CCC(C=O)CC3)sc2cc1NC(=O)c1ccnc(C(F)(F)F)n1.CC(C)(O)c1cc2nc(C3CCC(CO)CC3)sc2cc1N.CC(C)(O)c1cc2nc(C3CCC(CO)CC3)sc2cc1NC(=O)c1ccnc(C(F)(F)F)n1.O=C(O)c1ccnc(C(F)(F)F)n1.[2H][B]. The van der Waals surface area contributed by atoms with Gasteiger partial charge in [0, 0.05) is 97.6 Å². The molecule has 6 heterocycles. The highest BCUT2D eigenvalue weighted by Crippen LogP contribution is 2.45. The number of hydrogen-bond donors (Lipinski definition) is 9. The summed E-state index contributed by atoms with van der Waals surface area (Å²) in [7, 11) is 3.75. The fourth-order valence-corrected chi connectivity index (χ4v) is 15.7. The van der Waals surface area contributed by atoms with Crippen molar-refractivity contribution < 1.29 is 89.3 Å². The highest BCUT2D eigenvalue weighted by atomic mass is 32.1. The predicted octanol–water partition coefficient (Wildman–Crippen LogP) is 13.8. The molecule has 10 N–H and O–H groups in total. The number of amides is 2. The van der Waals surface area contributed by atoms with Crippen LogP contribution < -0.4 is 16.4 Å². The van der Waals surface area contributed by atoms with Crippen LogP contribution in [0.1, 0.15) is 217 Å². The van der Waals surface area contributed by atoms with E-state index in [2.05, 4.69) is 48.9 Å². The van der Waals surface area contributed by atoms with Crippen LogP contribution in [0.15, 0.2) is 73.2 Å². The van der Waals surface area contributed by atoms with Crippen molar-refractivity contribution in [3.05, 3.63) is 139 Å². The number of halogens is 9. The minimum Gasteiger partial charge on any atom is -0.477 e. The molecule has 0 unspecified atom stereocenters. The number of rotatable bonds is 14. The number of fused-ring (bicyclic) bond motifs is 3. The smallest absolute Gasteiger partial charge is 0.451 e. The van der Waals surface area contributed by atoms with Gasteiger partial charge in [0.2, 0.25) is 17.5 Å². The maximum Gasteiger partial charge on any atom is 0.451 e. The first-order chi connectivity index (χ1) is 49.2. The van der Waals surface area contributed by atoms with Crippen LogP contribution in [0, 0.1) is 17.8 Å². The third kappa shape index (κ3) is 20.6. The number of benzene rings is 3. The summed E-state index contributed by atoms with van der Waals surface area (Å²) >= 11 is 4.67. The average molecular weight is 1510 g/mol.